The smallest absolute Gasteiger partial charge is 0.185 e. The van der Waals surface area contributed by atoms with Crippen LogP contribution in [-0.4, -0.2) is 4.98 Å². The van der Waals surface area contributed by atoms with E-state index in [1.54, 1.807) is 12.3 Å². The number of H-pyrrole nitrogens is 1. The van der Waals surface area contributed by atoms with E-state index in [1.165, 1.54) is 0 Å². The van der Waals surface area contributed by atoms with Crippen LogP contribution in [0.15, 0.2) is 17.1 Å². The van der Waals surface area contributed by atoms with E-state index in [1.807, 2.05) is 6.92 Å². The summed E-state index contributed by atoms with van der Waals surface area (Å²) >= 11 is 0. The van der Waals surface area contributed by atoms with Crippen LogP contribution in [0.4, 0.5) is 0 Å². The van der Waals surface area contributed by atoms with Crippen molar-refractivity contribution in [1.29, 1.82) is 0 Å². The van der Waals surface area contributed by atoms with E-state index in [-0.39, 0.29) is 5.43 Å². The third kappa shape index (κ3) is 1.58. The number of aromatic amines is 1. The Morgan fingerprint density at radius 1 is 1.57 bits per heavy atom. The van der Waals surface area contributed by atoms with Crippen LogP contribution in [0.3, 0.4) is 0 Å². The lowest BCUT2D eigenvalue weighted by Crippen LogP contribution is -2.21. The summed E-state index contributed by atoms with van der Waals surface area (Å²) in [5.41, 5.74) is 2.19. The van der Waals surface area contributed by atoms with E-state index in [0.29, 0.717) is 5.92 Å². The summed E-state index contributed by atoms with van der Waals surface area (Å²) in [6, 6.07) is 1.60. The summed E-state index contributed by atoms with van der Waals surface area (Å²) in [4.78, 5) is 14.7. The summed E-state index contributed by atoms with van der Waals surface area (Å²) in [6.45, 7) is 1.85. The zero-order chi connectivity index (χ0) is 9.97. The Kier molecular flexibility index (Phi) is 2.41. The van der Waals surface area contributed by atoms with Crippen LogP contribution in [-0.2, 0) is 12.8 Å². The third-order valence-electron chi connectivity index (χ3n) is 2.70. The monoisotopic (exact) mass is 187 g/mol. The van der Waals surface area contributed by atoms with Crippen molar-refractivity contribution in [2.45, 2.75) is 26.2 Å². The molecule has 0 amide bonds. The van der Waals surface area contributed by atoms with Crippen LogP contribution in [0, 0.1) is 17.8 Å². The van der Waals surface area contributed by atoms with Crippen LogP contribution in [0.2, 0.25) is 0 Å². The Hall–Kier alpha value is -1.49. The lowest BCUT2D eigenvalue weighted by molar-refractivity contribution is 0.557. The first kappa shape index (κ1) is 9.08. The number of pyridine rings is 1. The van der Waals surface area contributed by atoms with Gasteiger partial charge in [-0.2, -0.15) is 0 Å². The highest BCUT2D eigenvalue weighted by molar-refractivity contribution is 5.25. The molecule has 2 heteroatoms. The van der Waals surface area contributed by atoms with Gasteiger partial charge in [0.2, 0.25) is 0 Å². The molecular formula is C12H13NO. The normalized spacial score (nSPS) is 19.4. The van der Waals surface area contributed by atoms with Gasteiger partial charge in [0.25, 0.3) is 0 Å². The molecule has 0 bridgehead atoms. The first-order valence-electron chi connectivity index (χ1n) is 4.93. The summed E-state index contributed by atoms with van der Waals surface area (Å²) in [7, 11) is 0. The van der Waals surface area contributed by atoms with Crippen molar-refractivity contribution in [3.05, 3.63) is 33.7 Å². The molecule has 0 aliphatic heterocycles. The topological polar surface area (TPSA) is 32.9 Å². The molecule has 1 atom stereocenters. The summed E-state index contributed by atoms with van der Waals surface area (Å²) < 4.78 is 0. The highest BCUT2D eigenvalue weighted by Gasteiger charge is 2.18. The predicted octanol–water partition coefficient (Wildman–Crippen LogP) is 1.50. The van der Waals surface area contributed by atoms with Crippen molar-refractivity contribution in [2.75, 3.05) is 0 Å². The highest BCUT2D eigenvalue weighted by atomic mass is 16.1. The van der Waals surface area contributed by atoms with Gasteiger partial charge < -0.3 is 4.98 Å². The van der Waals surface area contributed by atoms with Crippen LogP contribution in [0.25, 0.3) is 0 Å². The molecule has 1 aliphatic carbocycles. The van der Waals surface area contributed by atoms with Crippen LogP contribution in [0.1, 0.15) is 24.6 Å². The van der Waals surface area contributed by atoms with Crippen molar-refractivity contribution in [3.63, 3.8) is 0 Å². The number of aromatic nitrogens is 1. The zero-order valence-corrected chi connectivity index (χ0v) is 8.26. The van der Waals surface area contributed by atoms with Gasteiger partial charge in [0.05, 0.1) is 0 Å². The van der Waals surface area contributed by atoms with Crippen LogP contribution in [0.5, 0.6) is 0 Å². The standard InChI is InChI=1S/C12H13NO/c1-2-3-9-4-5-11-10(8-9)12(14)6-7-13-11/h6-7,9H,4-5,8H2,1H3,(H,13,14). The first-order chi connectivity index (χ1) is 6.81. The molecule has 2 rings (SSSR count). The first-order valence-corrected chi connectivity index (χ1v) is 4.93. The molecule has 0 radical (unpaired) electrons. The average Bonchev–Trinajstić information content (AvgIpc) is 2.20. The lowest BCUT2D eigenvalue weighted by Gasteiger charge is -2.19. The van der Waals surface area contributed by atoms with Crippen LogP contribution >= 0.6 is 0 Å². The Labute approximate surface area is 83.4 Å². The van der Waals surface area contributed by atoms with Crippen molar-refractivity contribution >= 4 is 0 Å². The number of nitrogens with one attached hydrogen (secondary N) is 1. The quantitative estimate of drug-likeness (QED) is 0.613. The van der Waals surface area contributed by atoms with E-state index in [0.717, 1.165) is 30.5 Å². The summed E-state index contributed by atoms with van der Waals surface area (Å²) in [6.07, 6.45) is 4.55. The molecule has 0 saturated heterocycles. The molecule has 1 unspecified atom stereocenters. The number of rotatable bonds is 0. The van der Waals surface area contributed by atoms with Gasteiger partial charge in [-0.15, -0.1) is 5.92 Å². The maximum Gasteiger partial charge on any atom is 0.185 e. The number of aryl methyl sites for hydroxylation is 1. The minimum Gasteiger partial charge on any atom is -0.365 e. The fraction of sp³-hybridized carbons (Fsp3) is 0.417. The average molecular weight is 187 g/mol. The maximum absolute atomic E-state index is 11.5. The largest absolute Gasteiger partial charge is 0.365 e. The number of hydrogen-bond acceptors (Lipinski definition) is 1. The zero-order valence-electron chi connectivity index (χ0n) is 8.26. The Morgan fingerprint density at radius 3 is 3.21 bits per heavy atom. The van der Waals surface area contributed by atoms with Crippen molar-refractivity contribution in [2.24, 2.45) is 5.92 Å². The second-order valence-electron chi connectivity index (χ2n) is 3.63. The number of fused-ring (bicyclic) bond motifs is 1. The predicted molar refractivity (Wildman–Crippen MR) is 56.0 cm³/mol. The molecule has 0 fully saturated rings. The van der Waals surface area contributed by atoms with Crippen molar-refractivity contribution in [1.82, 2.24) is 4.98 Å². The van der Waals surface area contributed by atoms with Gasteiger partial charge in [0.1, 0.15) is 0 Å². The van der Waals surface area contributed by atoms with Crippen molar-refractivity contribution in [3.8, 4) is 11.8 Å². The van der Waals surface area contributed by atoms with Gasteiger partial charge >= 0.3 is 0 Å². The van der Waals surface area contributed by atoms with Crippen LogP contribution < -0.4 is 5.43 Å². The van der Waals surface area contributed by atoms with E-state index < -0.39 is 0 Å². The van der Waals surface area contributed by atoms with Gasteiger partial charge in [-0.25, -0.2) is 0 Å². The second-order valence-corrected chi connectivity index (χ2v) is 3.63. The van der Waals surface area contributed by atoms with Gasteiger partial charge in [0.15, 0.2) is 5.43 Å². The van der Waals surface area contributed by atoms with E-state index in [9.17, 15) is 4.79 Å². The summed E-state index contributed by atoms with van der Waals surface area (Å²) in [5.74, 6) is 6.45. The molecule has 1 heterocycles. The molecule has 0 aromatic carbocycles. The Bertz CT molecular complexity index is 447. The molecule has 2 nitrogen and oxygen atoms in total. The van der Waals surface area contributed by atoms with E-state index >= 15 is 0 Å². The molecule has 72 valence electrons. The molecule has 0 saturated carbocycles. The molecule has 1 aromatic heterocycles. The molecule has 1 aromatic rings. The fourth-order valence-electron chi connectivity index (χ4n) is 2.00. The van der Waals surface area contributed by atoms with E-state index in [4.69, 9.17) is 0 Å². The molecular weight excluding hydrogens is 174 g/mol. The summed E-state index contributed by atoms with van der Waals surface area (Å²) in [5, 5.41) is 0. The Balaban J connectivity index is 2.36. The van der Waals surface area contributed by atoms with Gasteiger partial charge in [-0.1, -0.05) is 5.92 Å². The fourth-order valence-corrected chi connectivity index (χ4v) is 2.00. The van der Waals surface area contributed by atoms with E-state index in [2.05, 4.69) is 16.8 Å². The molecule has 1 aliphatic rings. The molecule has 1 N–H and O–H groups in total. The highest BCUT2D eigenvalue weighted by Crippen LogP contribution is 2.20. The third-order valence-corrected chi connectivity index (χ3v) is 2.70. The SMILES string of the molecule is CC#CC1CCc2[nH]ccc(=O)c2C1. The maximum atomic E-state index is 11.5. The molecule has 0 spiro atoms. The minimum absolute atomic E-state index is 0.154. The minimum atomic E-state index is 0.154. The second kappa shape index (κ2) is 3.71. The number of hydrogen-bond donors (Lipinski definition) is 1. The molecule has 14 heavy (non-hydrogen) atoms. The van der Waals surface area contributed by atoms with Gasteiger partial charge in [-0.05, 0) is 26.2 Å². The van der Waals surface area contributed by atoms with Gasteiger partial charge in [-0.3, -0.25) is 4.79 Å². The van der Waals surface area contributed by atoms with Gasteiger partial charge in [0, 0.05) is 29.4 Å². The Morgan fingerprint density at radius 2 is 2.43 bits per heavy atom. The lowest BCUT2D eigenvalue weighted by atomic mass is 9.87. The van der Waals surface area contributed by atoms with Crippen molar-refractivity contribution < 1.29 is 0 Å².